The SMILES string of the molecule is Cc1ccsc1S(=O)(=O)NCC1(F)CCC(C(=O)O)CC1. The van der Waals surface area contributed by atoms with Gasteiger partial charge in [0.1, 0.15) is 9.88 Å². The Labute approximate surface area is 127 Å². The number of aliphatic carboxylic acids is 1. The number of carboxylic acid groups (broad SMARTS) is 1. The Morgan fingerprint density at radius 3 is 2.62 bits per heavy atom. The van der Waals surface area contributed by atoms with Gasteiger partial charge in [0.2, 0.25) is 10.0 Å². The molecule has 0 amide bonds. The number of alkyl halides is 1. The molecule has 0 spiro atoms. The Hall–Kier alpha value is -0.990. The summed E-state index contributed by atoms with van der Waals surface area (Å²) in [6, 6.07) is 1.70. The Morgan fingerprint density at radius 2 is 2.14 bits per heavy atom. The van der Waals surface area contributed by atoms with Crippen LogP contribution in [0.1, 0.15) is 31.2 Å². The molecule has 1 saturated carbocycles. The molecule has 1 fully saturated rings. The molecule has 2 rings (SSSR count). The zero-order valence-electron chi connectivity index (χ0n) is 11.6. The number of thiophene rings is 1. The molecule has 0 atom stereocenters. The van der Waals surface area contributed by atoms with Crippen molar-refractivity contribution >= 4 is 27.3 Å². The molecule has 1 aromatic heterocycles. The highest BCUT2D eigenvalue weighted by molar-refractivity contribution is 7.91. The largest absolute Gasteiger partial charge is 0.481 e. The van der Waals surface area contributed by atoms with Crippen molar-refractivity contribution in [3.63, 3.8) is 0 Å². The van der Waals surface area contributed by atoms with Crippen molar-refractivity contribution in [2.45, 2.75) is 42.5 Å². The van der Waals surface area contributed by atoms with Crippen molar-refractivity contribution in [3.8, 4) is 0 Å². The van der Waals surface area contributed by atoms with Crippen LogP contribution in [0, 0.1) is 12.8 Å². The van der Waals surface area contributed by atoms with Gasteiger partial charge in [-0.2, -0.15) is 0 Å². The zero-order valence-corrected chi connectivity index (χ0v) is 13.3. The van der Waals surface area contributed by atoms with E-state index in [1.165, 1.54) is 0 Å². The molecule has 0 radical (unpaired) electrons. The van der Waals surface area contributed by atoms with Gasteiger partial charge >= 0.3 is 5.97 Å². The molecule has 0 aromatic carbocycles. The van der Waals surface area contributed by atoms with Gasteiger partial charge in [-0.3, -0.25) is 4.79 Å². The average Bonchev–Trinajstić information content (AvgIpc) is 2.84. The topological polar surface area (TPSA) is 83.5 Å². The number of rotatable bonds is 5. The molecule has 0 saturated heterocycles. The van der Waals surface area contributed by atoms with E-state index in [4.69, 9.17) is 5.11 Å². The molecular formula is C13H18FNO4S2. The van der Waals surface area contributed by atoms with Gasteiger partial charge < -0.3 is 5.11 Å². The Kier molecular flexibility index (Phi) is 4.69. The van der Waals surface area contributed by atoms with Gasteiger partial charge in [0, 0.05) is 6.54 Å². The molecule has 1 aliphatic carbocycles. The molecule has 1 aromatic rings. The third kappa shape index (κ3) is 3.81. The third-order valence-corrected chi connectivity index (χ3v) is 6.96. The summed E-state index contributed by atoms with van der Waals surface area (Å²) < 4.78 is 41.3. The molecule has 118 valence electrons. The summed E-state index contributed by atoms with van der Waals surface area (Å²) in [5.74, 6) is -1.43. The van der Waals surface area contributed by atoms with Crippen molar-refractivity contribution in [2.24, 2.45) is 5.92 Å². The van der Waals surface area contributed by atoms with E-state index in [0.717, 1.165) is 11.3 Å². The van der Waals surface area contributed by atoms with Crippen LogP contribution in [0.3, 0.4) is 0 Å². The Balaban J connectivity index is 1.97. The number of hydrogen-bond donors (Lipinski definition) is 2. The number of nitrogens with one attached hydrogen (secondary N) is 1. The van der Waals surface area contributed by atoms with E-state index in [1.54, 1.807) is 18.4 Å². The van der Waals surface area contributed by atoms with Gasteiger partial charge in [0.15, 0.2) is 0 Å². The van der Waals surface area contributed by atoms with E-state index in [9.17, 15) is 17.6 Å². The number of halogens is 1. The van der Waals surface area contributed by atoms with Gasteiger partial charge in [0.05, 0.1) is 5.92 Å². The van der Waals surface area contributed by atoms with E-state index in [-0.39, 0.29) is 36.4 Å². The van der Waals surface area contributed by atoms with Crippen molar-refractivity contribution in [3.05, 3.63) is 17.0 Å². The number of sulfonamides is 1. The minimum Gasteiger partial charge on any atom is -0.481 e. The predicted octanol–water partition coefficient (Wildman–Crippen LogP) is 2.32. The quantitative estimate of drug-likeness (QED) is 0.865. The molecule has 5 nitrogen and oxygen atoms in total. The highest BCUT2D eigenvalue weighted by Crippen LogP contribution is 2.35. The summed E-state index contributed by atoms with van der Waals surface area (Å²) in [7, 11) is -3.70. The maximum Gasteiger partial charge on any atom is 0.306 e. The molecule has 0 unspecified atom stereocenters. The van der Waals surface area contributed by atoms with Gasteiger partial charge in [-0.1, -0.05) is 0 Å². The summed E-state index contributed by atoms with van der Waals surface area (Å²) >= 11 is 1.10. The van der Waals surface area contributed by atoms with E-state index in [1.807, 2.05) is 0 Å². The Morgan fingerprint density at radius 1 is 1.52 bits per heavy atom. The van der Waals surface area contributed by atoms with Crippen LogP contribution in [0.4, 0.5) is 4.39 Å². The van der Waals surface area contributed by atoms with Crippen LogP contribution in [-0.4, -0.2) is 31.7 Å². The number of carbonyl (C=O) groups is 1. The van der Waals surface area contributed by atoms with E-state index < -0.39 is 27.6 Å². The summed E-state index contributed by atoms with van der Waals surface area (Å²) in [4.78, 5) is 10.8. The van der Waals surface area contributed by atoms with Crippen LogP contribution in [-0.2, 0) is 14.8 Å². The lowest BCUT2D eigenvalue weighted by molar-refractivity contribution is -0.143. The van der Waals surface area contributed by atoms with Crippen molar-refractivity contribution in [2.75, 3.05) is 6.54 Å². The minimum absolute atomic E-state index is 0.0654. The fourth-order valence-electron chi connectivity index (χ4n) is 2.48. The van der Waals surface area contributed by atoms with Crippen LogP contribution < -0.4 is 4.72 Å². The van der Waals surface area contributed by atoms with Gasteiger partial charge in [-0.05, 0) is 49.6 Å². The molecule has 1 heterocycles. The smallest absolute Gasteiger partial charge is 0.306 e. The molecule has 2 N–H and O–H groups in total. The summed E-state index contributed by atoms with van der Waals surface area (Å²) in [6.45, 7) is 1.38. The standard InChI is InChI=1S/C13H18FNO4S2/c1-9-4-7-20-12(9)21(18,19)15-8-13(14)5-2-10(3-6-13)11(16)17/h4,7,10,15H,2-3,5-6,8H2,1H3,(H,16,17). The minimum atomic E-state index is -3.70. The summed E-state index contributed by atoms with van der Waals surface area (Å²) in [6.07, 6.45) is 0.614. The first-order valence-corrected chi connectivity index (χ1v) is 9.05. The molecule has 21 heavy (non-hydrogen) atoms. The second-order valence-electron chi connectivity index (χ2n) is 5.48. The predicted molar refractivity (Wildman–Crippen MR) is 77.7 cm³/mol. The molecule has 8 heteroatoms. The molecule has 0 bridgehead atoms. The van der Waals surface area contributed by atoms with Gasteiger partial charge in [-0.25, -0.2) is 17.5 Å². The molecule has 1 aliphatic rings. The number of carboxylic acids is 1. The van der Waals surface area contributed by atoms with Crippen molar-refractivity contribution in [1.82, 2.24) is 4.72 Å². The van der Waals surface area contributed by atoms with E-state index in [0.29, 0.717) is 5.56 Å². The number of hydrogen-bond acceptors (Lipinski definition) is 4. The first-order chi connectivity index (χ1) is 9.73. The second kappa shape index (κ2) is 6.02. The fraction of sp³-hybridized carbons (Fsp3) is 0.615. The maximum atomic E-state index is 14.6. The van der Waals surface area contributed by atoms with E-state index in [2.05, 4.69) is 4.72 Å². The first-order valence-electron chi connectivity index (χ1n) is 6.69. The zero-order chi connectivity index (χ0) is 15.7. The molecule has 0 aliphatic heterocycles. The first kappa shape index (κ1) is 16.4. The average molecular weight is 335 g/mol. The van der Waals surface area contributed by atoms with Gasteiger partial charge in [-0.15, -0.1) is 11.3 Å². The van der Waals surface area contributed by atoms with Gasteiger partial charge in [0.25, 0.3) is 0 Å². The summed E-state index contributed by atoms with van der Waals surface area (Å²) in [5, 5.41) is 10.6. The lowest BCUT2D eigenvalue weighted by Gasteiger charge is -2.32. The van der Waals surface area contributed by atoms with Crippen LogP contribution in [0.15, 0.2) is 15.7 Å². The van der Waals surface area contributed by atoms with Crippen LogP contribution in [0.5, 0.6) is 0 Å². The monoisotopic (exact) mass is 335 g/mol. The van der Waals surface area contributed by atoms with Crippen LogP contribution in [0.25, 0.3) is 0 Å². The Bertz CT molecular complexity index is 618. The summed E-state index contributed by atoms with van der Waals surface area (Å²) in [5.41, 5.74) is -1.03. The molecular weight excluding hydrogens is 317 g/mol. The van der Waals surface area contributed by atoms with Crippen LogP contribution in [0.2, 0.25) is 0 Å². The lowest BCUT2D eigenvalue weighted by atomic mass is 9.80. The third-order valence-electron chi connectivity index (χ3n) is 3.87. The normalized spacial score (nSPS) is 26.7. The fourth-order valence-corrected chi connectivity index (χ4v) is 5.05. The lowest BCUT2D eigenvalue weighted by Crippen LogP contribution is -2.43. The second-order valence-corrected chi connectivity index (χ2v) is 8.36. The highest BCUT2D eigenvalue weighted by atomic mass is 32.2. The maximum absolute atomic E-state index is 14.6. The van der Waals surface area contributed by atoms with Crippen molar-refractivity contribution in [1.29, 1.82) is 0 Å². The number of aryl methyl sites for hydroxylation is 1. The van der Waals surface area contributed by atoms with E-state index >= 15 is 0 Å². The highest BCUT2D eigenvalue weighted by Gasteiger charge is 2.38. The van der Waals surface area contributed by atoms with Crippen molar-refractivity contribution < 1.29 is 22.7 Å². The van der Waals surface area contributed by atoms with Crippen LogP contribution >= 0.6 is 11.3 Å².